The number of urea groups is 1. The van der Waals surface area contributed by atoms with Crippen LogP contribution in [0.25, 0.3) is 0 Å². The lowest BCUT2D eigenvalue weighted by atomic mass is 9.92. The van der Waals surface area contributed by atoms with Crippen LogP contribution in [0.4, 0.5) is 4.79 Å². The lowest BCUT2D eigenvalue weighted by Gasteiger charge is -2.24. The monoisotopic (exact) mass is 422 g/mol. The van der Waals surface area contributed by atoms with Crippen LogP contribution in [0.5, 0.6) is 5.75 Å². The van der Waals surface area contributed by atoms with Gasteiger partial charge in [0.2, 0.25) is 0 Å². The van der Waals surface area contributed by atoms with Gasteiger partial charge in [0.15, 0.2) is 0 Å². The molecule has 8 heteroatoms. The highest BCUT2D eigenvalue weighted by molar-refractivity contribution is 6.08. The van der Waals surface area contributed by atoms with Crippen LogP contribution in [0.3, 0.4) is 0 Å². The van der Waals surface area contributed by atoms with E-state index in [9.17, 15) is 14.4 Å². The Morgan fingerprint density at radius 2 is 1.84 bits per heavy atom. The summed E-state index contributed by atoms with van der Waals surface area (Å²) in [5.74, 6) is -0.133. The molecule has 2 fully saturated rings. The molecule has 1 aliphatic heterocycles. The maximum Gasteiger partial charge on any atom is 0.344 e. The molecule has 1 saturated heterocycles. The molecule has 4 amide bonds. The van der Waals surface area contributed by atoms with E-state index in [1.165, 1.54) is 0 Å². The number of nitrogens with one attached hydrogen (secondary N) is 2. The molecule has 0 aromatic heterocycles. The van der Waals surface area contributed by atoms with Crippen LogP contribution in [0.1, 0.15) is 30.9 Å². The van der Waals surface area contributed by atoms with Crippen molar-refractivity contribution in [2.45, 2.75) is 37.9 Å². The summed E-state index contributed by atoms with van der Waals surface area (Å²) in [6.07, 6.45) is 2.05. The molecule has 2 aromatic carbocycles. The molecule has 0 unspecified atom stereocenters. The SMILES string of the molecule is COc1ccc(CN(CC(=O)NN2C(=O)N[C@](C)(c3ccccc3)C2=O)C2CC2)cc1. The van der Waals surface area contributed by atoms with Crippen LogP contribution in [-0.2, 0) is 21.7 Å². The van der Waals surface area contributed by atoms with Crippen LogP contribution in [-0.4, -0.2) is 47.5 Å². The standard InChI is InChI=1S/C23H26N4O4/c1-23(17-6-4-3-5-7-17)21(29)27(22(30)24-23)25-20(28)15-26(18-10-11-18)14-16-8-12-19(31-2)13-9-16/h3-9,12-13,18H,10-11,14-15H2,1-2H3,(H,24,30)(H,25,28)/t23-/m1/s1. The van der Waals surface area contributed by atoms with Gasteiger partial charge in [-0.15, -0.1) is 0 Å². The zero-order valence-electron chi connectivity index (χ0n) is 17.6. The Hall–Kier alpha value is -3.39. The minimum absolute atomic E-state index is 0.0931. The number of benzene rings is 2. The molecular weight excluding hydrogens is 396 g/mol. The van der Waals surface area contributed by atoms with Gasteiger partial charge in [0.25, 0.3) is 11.8 Å². The average Bonchev–Trinajstić information content (AvgIpc) is 3.60. The van der Waals surface area contributed by atoms with Crippen molar-refractivity contribution in [3.63, 3.8) is 0 Å². The van der Waals surface area contributed by atoms with Crippen molar-refractivity contribution in [3.8, 4) is 5.75 Å². The third-order valence-corrected chi connectivity index (χ3v) is 5.73. The number of hydrazine groups is 1. The van der Waals surface area contributed by atoms with E-state index in [4.69, 9.17) is 4.74 Å². The molecule has 31 heavy (non-hydrogen) atoms. The normalized spacial score (nSPS) is 20.7. The highest BCUT2D eigenvalue weighted by Crippen LogP contribution is 2.29. The predicted octanol–water partition coefficient (Wildman–Crippen LogP) is 2.16. The molecule has 8 nitrogen and oxygen atoms in total. The molecular formula is C23H26N4O4. The summed E-state index contributed by atoms with van der Waals surface area (Å²) in [5, 5.41) is 3.47. The smallest absolute Gasteiger partial charge is 0.344 e. The Balaban J connectivity index is 1.41. The molecule has 1 atom stereocenters. The Morgan fingerprint density at radius 1 is 1.16 bits per heavy atom. The van der Waals surface area contributed by atoms with E-state index in [-0.39, 0.29) is 6.54 Å². The zero-order chi connectivity index (χ0) is 22.0. The van der Waals surface area contributed by atoms with Crippen LogP contribution in [0.15, 0.2) is 54.6 Å². The average molecular weight is 422 g/mol. The molecule has 2 aromatic rings. The zero-order valence-corrected chi connectivity index (χ0v) is 17.6. The number of carbonyl (C=O) groups is 3. The second kappa shape index (κ2) is 8.39. The fourth-order valence-electron chi connectivity index (χ4n) is 3.77. The Labute approximate surface area is 181 Å². The number of hydrogen-bond acceptors (Lipinski definition) is 5. The van der Waals surface area contributed by atoms with E-state index in [2.05, 4.69) is 15.6 Å². The molecule has 2 N–H and O–H groups in total. The fraction of sp³-hybridized carbons (Fsp3) is 0.348. The van der Waals surface area contributed by atoms with Gasteiger partial charge in [0.05, 0.1) is 13.7 Å². The van der Waals surface area contributed by atoms with Crippen molar-refractivity contribution in [2.75, 3.05) is 13.7 Å². The molecule has 0 radical (unpaired) electrons. The number of carbonyl (C=O) groups excluding carboxylic acids is 3. The Bertz CT molecular complexity index is 975. The lowest BCUT2D eigenvalue weighted by Crippen LogP contribution is -2.50. The van der Waals surface area contributed by atoms with Gasteiger partial charge >= 0.3 is 6.03 Å². The summed E-state index contributed by atoms with van der Waals surface area (Å²) >= 11 is 0. The summed E-state index contributed by atoms with van der Waals surface area (Å²) in [6, 6.07) is 16.4. The fourth-order valence-corrected chi connectivity index (χ4v) is 3.77. The maximum absolute atomic E-state index is 13.0. The van der Waals surface area contributed by atoms with Crippen molar-refractivity contribution in [1.29, 1.82) is 0 Å². The number of rotatable bonds is 8. The first-order chi connectivity index (χ1) is 14.9. The second-order valence-corrected chi connectivity index (χ2v) is 8.08. The van der Waals surface area contributed by atoms with Crippen molar-refractivity contribution < 1.29 is 19.1 Å². The van der Waals surface area contributed by atoms with E-state index >= 15 is 0 Å². The van der Waals surface area contributed by atoms with E-state index in [0.717, 1.165) is 29.2 Å². The molecule has 0 spiro atoms. The largest absolute Gasteiger partial charge is 0.497 e. The van der Waals surface area contributed by atoms with Crippen LogP contribution in [0.2, 0.25) is 0 Å². The van der Waals surface area contributed by atoms with Crippen molar-refractivity contribution in [1.82, 2.24) is 20.7 Å². The van der Waals surface area contributed by atoms with E-state index in [1.54, 1.807) is 38.3 Å². The molecule has 2 aliphatic rings. The summed E-state index contributed by atoms with van der Waals surface area (Å²) in [6.45, 7) is 2.33. The van der Waals surface area contributed by atoms with E-state index in [1.807, 2.05) is 30.3 Å². The van der Waals surface area contributed by atoms with E-state index in [0.29, 0.717) is 18.2 Å². The van der Waals surface area contributed by atoms with Crippen LogP contribution < -0.4 is 15.5 Å². The molecule has 1 saturated carbocycles. The topological polar surface area (TPSA) is 91.0 Å². The minimum Gasteiger partial charge on any atom is -0.497 e. The second-order valence-electron chi connectivity index (χ2n) is 8.08. The van der Waals surface area contributed by atoms with Crippen LogP contribution >= 0.6 is 0 Å². The van der Waals surface area contributed by atoms with Crippen molar-refractivity contribution >= 4 is 17.8 Å². The lowest BCUT2D eigenvalue weighted by molar-refractivity contribution is -0.139. The molecule has 4 rings (SSSR count). The highest BCUT2D eigenvalue weighted by atomic mass is 16.5. The van der Waals surface area contributed by atoms with Gasteiger partial charge in [0.1, 0.15) is 11.3 Å². The van der Waals surface area contributed by atoms with Gasteiger partial charge in [-0.1, -0.05) is 42.5 Å². The third kappa shape index (κ3) is 4.39. The van der Waals surface area contributed by atoms with E-state index < -0.39 is 23.4 Å². The van der Waals surface area contributed by atoms with Crippen molar-refractivity contribution in [3.05, 3.63) is 65.7 Å². The number of amides is 4. The number of nitrogens with zero attached hydrogens (tertiary/aromatic N) is 2. The predicted molar refractivity (Wildman–Crippen MR) is 114 cm³/mol. The quantitative estimate of drug-likeness (QED) is 0.636. The minimum atomic E-state index is -1.22. The van der Waals surface area contributed by atoms with Gasteiger partial charge in [-0.05, 0) is 43.0 Å². The summed E-state index contributed by atoms with van der Waals surface area (Å²) in [7, 11) is 1.62. The maximum atomic E-state index is 13.0. The molecule has 0 bridgehead atoms. The van der Waals surface area contributed by atoms with Crippen molar-refractivity contribution in [2.24, 2.45) is 0 Å². The van der Waals surface area contributed by atoms with Gasteiger partial charge in [-0.3, -0.25) is 19.9 Å². The first-order valence-corrected chi connectivity index (χ1v) is 10.3. The summed E-state index contributed by atoms with van der Waals surface area (Å²) in [4.78, 5) is 40.2. The summed E-state index contributed by atoms with van der Waals surface area (Å²) in [5.41, 5.74) is 2.99. The number of imide groups is 1. The van der Waals surface area contributed by atoms with Gasteiger partial charge in [-0.2, -0.15) is 5.01 Å². The number of methoxy groups -OCH3 is 1. The molecule has 1 heterocycles. The number of ether oxygens (including phenoxy) is 1. The first kappa shape index (κ1) is 20.9. The third-order valence-electron chi connectivity index (χ3n) is 5.73. The first-order valence-electron chi connectivity index (χ1n) is 10.3. The summed E-state index contributed by atoms with van der Waals surface area (Å²) < 4.78 is 5.19. The van der Waals surface area contributed by atoms with Gasteiger partial charge in [0, 0.05) is 12.6 Å². The molecule has 162 valence electrons. The Kier molecular flexibility index (Phi) is 5.65. The molecule has 1 aliphatic carbocycles. The van der Waals surface area contributed by atoms with Crippen LogP contribution in [0, 0.1) is 0 Å². The highest BCUT2D eigenvalue weighted by Gasteiger charge is 2.50. The number of hydrogen-bond donors (Lipinski definition) is 2. The van der Waals surface area contributed by atoms with Gasteiger partial charge in [-0.25, -0.2) is 4.79 Å². The Morgan fingerprint density at radius 3 is 2.45 bits per heavy atom. The van der Waals surface area contributed by atoms with Gasteiger partial charge < -0.3 is 10.1 Å².